The number of carbonyl (C=O) groups is 3. The van der Waals surface area contributed by atoms with Gasteiger partial charge in [-0.3, -0.25) is 14.4 Å². The van der Waals surface area contributed by atoms with Crippen LogP contribution in [0.4, 0.5) is 5.69 Å². The van der Waals surface area contributed by atoms with Crippen molar-refractivity contribution in [3.63, 3.8) is 0 Å². The van der Waals surface area contributed by atoms with Crippen molar-refractivity contribution in [2.75, 3.05) is 11.9 Å². The molecule has 0 saturated carbocycles. The van der Waals surface area contributed by atoms with E-state index in [1.807, 2.05) is 50.3 Å². The summed E-state index contributed by atoms with van der Waals surface area (Å²) in [6, 6.07) is 16.2. The van der Waals surface area contributed by atoms with Crippen molar-refractivity contribution in [1.29, 1.82) is 0 Å². The molecule has 2 aromatic carbocycles. The first-order chi connectivity index (χ1) is 14.3. The molecule has 2 amide bonds. The molecular weight excluding hydrogens is 380 g/mol. The number of ether oxygens (including phenoxy) is 1. The molecule has 1 aliphatic rings. The number of nitrogens with one attached hydrogen (secondary N) is 2. The van der Waals surface area contributed by atoms with Gasteiger partial charge in [0.25, 0.3) is 0 Å². The molecule has 0 aliphatic carbocycles. The van der Waals surface area contributed by atoms with Crippen LogP contribution in [0.25, 0.3) is 0 Å². The normalized spacial score (nSPS) is 20.4. The first-order valence-electron chi connectivity index (χ1n) is 9.86. The van der Waals surface area contributed by atoms with Gasteiger partial charge in [0.2, 0.25) is 11.8 Å². The molecular formula is C24H26N2O4. The third-order valence-electron chi connectivity index (χ3n) is 4.99. The van der Waals surface area contributed by atoms with Crippen LogP contribution in [0.2, 0.25) is 0 Å². The Labute approximate surface area is 176 Å². The van der Waals surface area contributed by atoms with Crippen molar-refractivity contribution < 1.29 is 19.1 Å². The van der Waals surface area contributed by atoms with Gasteiger partial charge in [-0.1, -0.05) is 35.9 Å². The molecule has 0 bridgehead atoms. The molecule has 6 nitrogen and oxygen atoms in total. The lowest BCUT2D eigenvalue weighted by Gasteiger charge is -2.22. The number of amides is 2. The molecule has 156 valence electrons. The number of Topliss-reactive ketones (excluding diaryl/α,β-unsaturated/α-hetero) is 1. The van der Waals surface area contributed by atoms with Gasteiger partial charge in [-0.2, -0.15) is 0 Å². The molecule has 2 N–H and O–H groups in total. The molecule has 3 rings (SSSR count). The van der Waals surface area contributed by atoms with Crippen LogP contribution >= 0.6 is 0 Å². The van der Waals surface area contributed by atoms with E-state index in [0.29, 0.717) is 24.5 Å². The fraction of sp³-hybridized carbons (Fsp3) is 0.292. The molecule has 1 fully saturated rings. The van der Waals surface area contributed by atoms with E-state index in [2.05, 4.69) is 10.6 Å². The molecule has 1 saturated heterocycles. The van der Waals surface area contributed by atoms with Crippen LogP contribution in [0.15, 0.2) is 66.2 Å². The van der Waals surface area contributed by atoms with Crippen LogP contribution in [0.5, 0.6) is 5.75 Å². The lowest BCUT2D eigenvalue weighted by atomic mass is 9.86. The fourth-order valence-electron chi connectivity index (χ4n) is 3.37. The summed E-state index contributed by atoms with van der Waals surface area (Å²) in [5.74, 6) is -2.33. The minimum absolute atomic E-state index is 0.333. The van der Waals surface area contributed by atoms with Crippen molar-refractivity contribution >= 4 is 23.3 Å². The highest BCUT2D eigenvalue weighted by atomic mass is 16.5. The van der Waals surface area contributed by atoms with Gasteiger partial charge < -0.3 is 15.4 Å². The van der Waals surface area contributed by atoms with E-state index in [9.17, 15) is 14.4 Å². The number of benzene rings is 2. The van der Waals surface area contributed by atoms with Gasteiger partial charge in [0.05, 0.1) is 0 Å². The summed E-state index contributed by atoms with van der Waals surface area (Å²) in [4.78, 5) is 38.0. The van der Waals surface area contributed by atoms with Crippen LogP contribution in [-0.4, -0.2) is 29.7 Å². The van der Waals surface area contributed by atoms with Crippen molar-refractivity contribution in [3.8, 4) is 5.75 Å². The standard InChI is InChI=1S/C24H26N2O4/c1-16(2)13-14-30-19-11-9-18(10-12-19)25-22(28)20-21(27)24(3,26-23(20)29)15-17-7-5-4-6-8-17/h4-13,20H,14-15H2,1-3H3,(H,25,28)(H,26,29). The van der Waals surface area contributed by atoms with Crippen molar-refractivity contribution in [3.05, 3.63) is 71.8 Å². The maximum Gasteiger partial charge on any atom is 0.244 e. The Morgan fingerprint density at radius 3 is 2.40 bits per heavy atom. The van der Waals surface area contributed by atoms with E-state index in [4.69, 9.17) is 4.74 Å². The minimum Gasteiger partial charge on any atom is -0.490 e. The molecule has 1 aliphatic heterocycles. The second kappa shape index (κ2) is 8.95. The second-order valence-electron chi connectivity index (χ2n) is 7.89. The maximum absolute atomic E-state index is 12.9. The Balaban J connectivity index is 1.64. The van der Waals surface area contributed by atoms with E-state index >= 15 is 0 Å². The highest BCUT2D eigenvalue weighted by molar-refractivity contribution is 6.27. The van der Waals surface area contributed by atoms with Gasteiger partial charge in [-0.25, -0.2) is 0 Å². The summed E-state index contributed by atoms with van der Waals surface area (Å²) in [6.07, 6.45) is 2.30. The quantitative estimate of drug-likeness (QED) is 0.546. The molecule has 2 aromatic rings. The molecule has 1 heterocycles. The second-order valence-corrected chi connectivity index (χ2v) is 7.89. The molecule has 0 spiro atoms. The van der Waals surface area contributed by atoms with E-state index < -0.39 is 29.1 Å². The van der Waals surface area contributed by atoms with Gasteiger partial charge in [0, 0.05) is 12.1 Å². The minimum atomic E-state index is -1.37. The third kappa shape index (κ3) is 4.95. The van der Waals surface area contributed by atoms with E-state index in [1.165, 1.54) is 0 Å². The number of hydrogen-bond donors (Lipinski definition) is 2. The number of ketones is 1. The van der Waals surface area contributed by atoms with Crippen molar-refractivity contribution in [2.24, 2.45) is 5.92 Å². The van der Waals surface area contributed by atoms with Crippen molar-refractivity contribution in [1.82, 2.24) is 5.32 Å². The zero-order valence-corrected chi connectivity index (χ0v) is 17.4. The summed E-state index contributed by atoms with van der Waals surface area (Å²) in [6.45, 7) is 6.11. The van der Waals surface area contributed by atoms with E-state index in [0.717, 1.165) is 11.1 Å². The van der Waals surface area contributed by atoms with Crippen molar-refractivity contribution in [2.45, 2.75) is 32.7 Å². The van der Waals surface area contributed by atoms with Gasteiger partial charge >= 0.3 is 0 Å². The van der Waals surface area contributed by atoms with Crippen LogP contribution in [-0.2, 0) is 20.8 Å². The number of carbonyl (C=O) groups excluding carboxylic acids is 3. The zero-order chi connectivity index (χ0) is 21.7. The molecule has 2 atom stereocenters. The number of anilines is 1. The van der Waals surface area contributed by atoms with E-state index in [-0.39, 0.29) is 0 Å². The molecule has 6 heteroatoms. The Morgan fingerprint density at radius 2 is 1.77 bits per heavy atom. The Hall–Kier alpha value is -3.41. The first kappa shape index (κ1) is 21.3. The van der Waals surface area contributed by atoms with Crippen LogP contribution in [0.3, 0.4) is 0 Å². The topological polar surface area (TPSA) is 84.5 Å². The summed E-state index contributed by atoms with van der Waals surface area (Å²) < 4.78 is 5.59. The first-order valence-corrected chi connectivity index (χ1v) is 9.86. The molecule has 0 radical (unpaired) electrons. The average Bonchev–Trinajstić information content (AvgIpc) is 2.92. The van der Waals surface area contributed by atoms with Gasteiger partial charge in [-0.15, -0.1) is 0 Å². The van der Waals surface area contributed by atoms with Crippen LogP contribution in [0.1, 0.15) is 26.3 Å². The van der Waals surface area contributed by atoms with Gasteiger partial charge in [0.1, 0.15) is 17.9 Å². The largest absolute Gasteiger partial charge is 0.490 e. The Bertz CT molecular complexity index is 962. The third-order valence-corrected chi connectivity index (χ3v) is 4.99. The SMILES string of the molecule is CC(C)=CCOc1ccc(NC(=O)C2C(=O)NC(C)(Cc3ccccc3)C2=O)cc1. The number of rotatable bonds is 7. The average molecular weight is 406 g/mol. The summed E-state index contributed by atoms with van der Waals surface area (Å²) in [5, 5.41) is 5.37. The van der Waals surface area contributed by atoms with E-state index in [1.54, 1.807) is 31.2 Å². The predicted octanol–water partition coefficient (Wildman–Crippen LogP) is 3.29. The Kier molecular flexibility index (Phi) is 6.35. The summed E-state index contributed by atoms with van der Waals surface area (Å²) in [7, 11) is 0. The maximum atomic E-state index is 12.9. The van der Waals surface area contributed by atoms with Crippen LogP contribution in [0, 0.1) is 5.92 Å². The molecule has 0 aromatic heterocycles. The smallest absolute Gasteiger partial charge is 0.244 e. The zero-order valence-electron chi connectivity index (χ0n) is 17.4. The summed E-state index contributed by atoms with van der Waals surface area (Å²) in [5.41, 5.74) is 1.46. The van der Waals surface area contributed by atoms with Crippen LogP contribution < -0.4 is 15.4 Å². The summed E-state index contributed by atoms with van der Waals surface area (Å²) >= 11 is 0. The predicted molar refractivity (Wildman–Crippen MR) is 115 cm³/mol. The highest BCUT2D eigenvalue weighted by Gasteiger charge is 2.52. The molecule has 2 unspecified atom stereocenters. The number of allylic oxidation sites excluding steroid dienone is 1. The highest BCUT2D eigenvalue weighted by Crippen LogP contribution is 2.26. The lowest BCUT2D eigenvalue weighted by Crippen LogP contribution is -2.45. The van der Waals surface area contributed by atoms with Gasteiger partial charge in [-0.05, 0) is 56.7 Å². The molecule has 30 heavy (non-hydrogen) atoms. The van der Waals surface area contributed by atoms with Gasteiger partial charge in [0.15, 0.2) is 11.7 Å². The number of hydrogen-bond acceptors (Lipinski definition) is 4. The fourth-order valence-corrected chi connectivity index (χ4v) is 3.37. The monoisotopic (exact) mass is 406 g/mol. The lowest BCUT2D eigenvalue weighted by molar-refractivity contribution is -0.135. The Morgan fingerprint density at radius 1 is 1.10 bits per heavy atom.